The fourth-order valence-electron chi connectivity index (χ4n) is 3.36. The summed E-state index contributed by atoms with van der Waals surface area (Å²) in [7, 11) is 0. The van der Waals surface area contributed by atoms with Gasteiger partial charge >= 0.3 is 0 Å². The average molecular weight is 303 g/mol. The Balaban J connectivity index is 2.15. The summed E-state index contributed by atoms with van der Waals surface area (Å²) >= 11 is 0. The van der Waals surface area contributed by atoms with Crippen LogP contribution in [0.1, 0.15) is 98.9 Å². The van der Waals surface area contributed by atoms with Crippen LogP contribution in [0.25, 0.3) is 0 Å². The van der Waals surface area contributed by atoms with E-state index < -0.39 is 0 Å². The number of rotatable bonds is 11. The van der Waals surface area contributed by atoms with Crippen LogP contribution in [-0.4, -0.2) is 0 Å². The molecule has 0 heterocycles. The van der Waals surface area contributed by atoms with Crippen molar-refractivity contribution in [2.24, 2.45) is 0 Å². The second kappa shape index (κ2) is 10.9. The molecule has 0 N–H and O–H groups in total. The second-order valence-electron chi connectivity index (χ2n) is 7.16. The first-order valence-electron chi connectivity index (χ1n) is 9.64. The molecule has 0 bridgehead atoms. The van der Waals surface area contributed by atoms with Gasteiger partial charge < -0.3 is 0 Å². The van der Waals surface area contributed by atoms with Crippen molar-refractivity contribution in [3.05, 3.63) is 33.9 Å². The van der Waals surface area contributed by atoms with Gasteiger partial charge in [-0.05, 0) is 68.4 Å². The quantitative estimate of drug-likeness (QED) is 0.374. The molecule has 0 aliphatic carbocycles. The van der Waals surface area contributed by atoms with Crippen LogP contribution >= 0.6 is 0 Å². The van der Waals surface area contributed by atoms with E-state index in [1.807, 2.05) is 0 Å². The Kier molecular flexibility index (Phi) is 9.52. The standard InChI is InChI=1S/C22H38/c1-6-7-8-9-10-11-12-13-14-15-16-22-17-18(2)19(3)20(4)21(22)5/h17H,6-16H2,1-5H3. The molecule has 0 saturated heterocycles. The maximum atomic E-state index is 2.42. The molecule has 22 heavy (non-hydrogen) atoms. The van der Waals surface area contributed by atoms with E-state index in [-0.39, 0.29) is 0 Å². The van der Waals surface area contributed by atoms with E-state index in [9.17, 15) is 0 Å². The summed E-state index contributed by atoms with van der Waals surface area (Å²) in [6.07, 6.45) is 15.5. The zero-order valence-corrected chi connectivity index (χ0v) is 15.9. The third kappa shape index (κ3) is 6.55. The van der Waals surface area contributed by atoms with Gasteiger partial charge in [0.2, 0.25) is 0 Å². The lowest BCUT2D eigenvalue weighted by atomic mass is 9.92. The minimum atomic E-state index is 1.27. The van der Waals surface area contributed by atoms with Crippen LogP contribution in [-0.2, 0) is 6.42 Å². The number of hydrogen-bond donors (Lipinski definition) is 0. The fraction of sp³-hybridized carbons (Fsp3) is 0.727. The molecule has 0 aromatic heterocycles. The summed E-state index contributed by atoms with van der Waals surface area (Å²) in [6.45, 7) is 11.4. The van der Waals surface area contributed by atoms with Gasteiger partial charge in [-0.1, -0.05) is 70.8 Å². The Morgan fingerprint density at radius 3 is 1.64 bits per heavy atom. The van der Waals surface area contributed by atoms with Gasteiger partial charge in [0.1, 0.15) is 0 Å². The highest BCUT2D eigenvalue weighted by molar-refractivity contribution is 5.43. The molecular weight excluding hydrogens is 264 g/mol. The summed E-state index contributed by atoms with van der Waals surface area (Å²) in [5.41, 5.74) is 7.55. The molecule has 0 aliphatic heterocycles. The maximum absolute atomic E-state index is 2.42. The van der Waals surface area contributed by atoms with Crippen molar-refractivity contribution in [1.82, 2.24) is 0 Å². The average Bonchev–Trinajstić information content (AvgIpc) is 2.51. The first-order valence-corrected chi connectivity index (χ1v) is 9.64. The first kappa shape index (κ1) is 19.3. The number of hydrogen-bond acceptors (Lipinski definition) is 0. The molecule has 0 heteroatoms. The third-order valence-electron chi connectivity index (χ3n) is 5.39. The highest BCUT2D eigenvalue weighted by atomic mass is 14.1. The lowest BCUT2D eigenvalue weighted by Gasteiger charge is -2.14. The number of aryl methyl sites for hydroxylation is 2. The molecule has 1 rings (SSSR count). The summed E-state index contributed by atoms with van der Waals surface area (Å²) in [6, 6.07) is 2.42. The Labute approximate surface area is 139 Å². The molecule has 1 aromatic rings. The molecule has 1 aromatic carbocycles. The first-order chi connectivity index (χ1) is 10.6. The SMILES string of the molecule is CCCCCCCCCCCCc1cc(C)c(C)c(C)c1C. The molecule has 0 nitrogen and oxygen atoms in total. The molecule has 0 atom stereocenters. The minimum absolute atomic E-state index is 1.27. The van der Waals surface area contributed by atoms with Crippen molar-refractivity contribution in [2.45, 2.75) is 105 Å². The van der Waals surface area contributed by atoms with Crippen LogP contribution in [0.3, 0.4) is 0 Å². The van der Waals surface area contributed by atoms with E-state index >= 15 is 0 Å². The molecule has 0 amide bonds. The molecule has 126 valence electrons. The van der Waals surface area contributed by atoms with Crippen molar-refractivity contribution < 1.29 is 0 Å². The Hall–Kier alpha value is -0.780. The van der Waals surface area contributed by atoms with Crippen molar-refractivity contribution in [3.8, 4) is 0 Å². The molecular formula is C22H38. The van der Waals surface area contributed by atoms with Gasteiger partial charge in [0.15, 0.2) is 0 Å². The van der Waals surface area contributed by atoms with E-state index in [0.717, 1.165) is 0 Å². The van der Waals surface area contributed by atoms with Gasteiger partial charge in [-0.25, -0.2) is 0 Å². The molecule has 0 saturated carbocycles. The van der Waals surface area contributed by atoms with Gasteiger partial charge in [-0.3, -0.25) is 0 Å². The second-order valence-corrected chi connectivity index (χ2v) is 7.16. The lowest BCUT2D eigenvalue weighted by Crippen LogP contribution is -1.98. The predicted octanol–water partition coefficient (Wildman–Crippen LogP) is 7.38. The highest BCUT2D eigenvalue weighted by Crippen LogP contribution is 2.23. The van der Waals surface area contributed by atoms with Crippen molar-refractivity contribution in [3.63, 3.8) is 0 Å². The largest absolute Gasteiger partial charge is 0.0654 e. The molecule has 0 aliphatic rings. The molecule has 0 radical (unpaired) electrons. The van der Waals surface area contributed by atoms with E-state index in [2.05, 4.69) is 40.7 Å². The van der Waals surface area contributed by atoms with E-state index in [1.54, 1.807) is 5.56 Å². The van der Waals surface area contributed by atoms with Crippen LogP contribution in [0.15, 0.2) is 6.07 Å². The van der Waals surface area contributed by atoms with E-state index in [4.69, 9.17) is 0 Å². The summed E-state index contributed by atoms with van der Waals surface area (Å²) in [5, 5.41) is 0. The highest BCUT2D eigenvalue weighted by Gasteiger charge is 2.06. The minimum Gasteiger partial charge on any atom is -0.0654 e. The van der Waals surface area contributed by atoms with Crippen LogP contribution < -0.4 is 0 Å². The lowest BCUT2D eigenvalue weighted by molar-refractivity contribution is 0.556. The number of benzene rings is 1. The van der Waals surface area contributed by atoms with Gasteiger partial charge in [0.05, 0.1) is 0 Å². The van der Waals surface area contributed by atoms with E-state index in [0.29, 0.717) is 0 Å². The number of unbranched alkanes of at least 4 members (excludes halogenated alkanes) is 9. The van der Waals surface area contributed by atoms with Crippen LogP contribution in [0, 0.1) is 27.7 Å². The monoisotopic (exact) mass is 302 g/mol. The summed E-state index contributed by atoms with van der Waals surface area (Å²) < 4.78 is 0. The summed E-state index contributed by atoms with van der Waals surface area (Å²) in [4.78, 5) is 0. The van der Waals surface area contributed by atoms with Crippen molar-refractivity contribution in [1.29, 1.82) is 0 Å². The van der Waals surface area contributed by atoms with Crippen LogP contribution in [0.2, 0.25) is 0 Å². The molecule has 0 unspecified atom stereocenters. The third-order valence-corrected chi connectivity index (χ3v) is 5.39. The van der Waals surface area contributed by atoms with Crippen molar-refractivity contribution >= 4 is 0 Å². The molecule has 0 spiro atoms. The normalized spacial score (nSPS) is 11.1. The van der Waals surface area contributed by atoms with E-state index in [1.165, 1.54) is 92.9 Å². The summed E-state index contributed by atoms with van der Waals surface area (Å²) in [5.74, 6) is 0. The fourth-order valence-corrected chi connectivity index (χ4v) is 3.36. The van der Waals surface area contributed by atoms with Crippen LogP contribution in [0.4, 0.5) is 0 Å². The van der Waals surface area contributed by atoms with Crippen LogP contribution in [0.5, 0.6) is 0 Å². The topological polar surface area (TPSA) is 0 Å². The Morgan fingerprint density at radius 1 is 0.591 bits per heavy atom. The zero-order chi connectivity index (χ0) is 16.4. The molecule has 0 fully saturated rings. The smallest absolute Gasteiger partial charge is 0.0276 e. The van der Waals surface area contributed by atoms with Gasteiger partial charge in [0.25, 0.3) is 0 Å². The maximum Gasteiger partial charge on any atom is -0.0276 e. The Morgan fingerprint density at radius 2 is 1.09 bits per heavy atom. The Bertz CT molecular complexity index is 428. The van der Waals surface area contributed by atoms with Gasteiger partial charge in [0, 0.05) is 0 Å². The van der Waals surface area contributed by atoms with Crippen molar-refractivity contribution in [2.75, 3.05) is 0 Å². The van der Waals surface area contributed by atoms with Gasteiger partial charge in [-0.2, -0.15) is 0 Å². The van der Waals surface area contributed by atoms with Gasteiger partial charge in [-0.15, -0.1) is 0 Å². The zero-order valence-electron chi connectivity index (χ0n) is 15.9. The predicted molar refractivity (Wildman–Crippen MR) is 101 cm³/mol.